The van der Waals surface area contributed by atoms with E-state index in [1.807, 2.05) is 0 Å². The summed E-state index contributed by atoms with van der Waals surface area (Å²) < 4.78 is 5.27. The normalized spacial score (nSPS) is 23.0. The van der Waals surface area contributed by atoms with Crippen LogP contribution in [0.15, 0.2) is 12.1 Å². The van der Waals surface area contributed by atoms with Gasteiger partial charge in [0.25, 0.3) is 0 Å². The Hall–Kier alpha value is -1.55. The molecule has 22 heavy (non-hydrogen) atoms. The maximum absolute atomic E-state index is 12.0. The molecule has 2 fully saturated rings. The third-order valence-electron chi connectivity index (χ3n) is 5.04. The summed E-state index contributed by atoms with van der Waals surface area (Å²) in [5, 5.41) is 0. The molecule has 4 heteroatoms. The summed E-state index contributed by atoms with van der Waals surface area (Å²) in [6.07, 6.45) is 6.16. The fourth-order valence-corrected chi connectivity index (χ4v) is 4.00. The second-order valence-electron chi connectivity index (χ2n) is 6.68. The van der Waals surface area contributed by atoms with Crippen molar-refractivity contribution in [2.24, 2.45) is 5.73 Å². The Morgan fingerprint density at radius 1 is 1.18 bits per heavy atom. The van der Waals surface area contributed by atoms with E-state index in [-0.39, 0.29) is 12.2 Å². The van der Waals surface area contributed by atoms with Gasteiger partial charge in [-0.1, -0.05) is 19.3 Å². The fraction of sp³-hybridized carbons (Fsp3) is 0.611. The van der Waals surface area contributed by atoms with E-state index in [9.17, 15) is 4.79 Å². The minimum atomic E-state index is -0.278. The number of carbonyl (C=O) groups is 1. The van der Waals surface area contributed by atoms with Crippen molar-refractivity contribution in [1.29, 1.82) is 0 Å². The van der Waals surface area contributed by atoms with E-state index < -0.39 is 0 Å². The Morgan fingerprint density at radius 2 is 1.82 bits per heavy atom. The molecule has 1 saturated heterocycles. The molecule has 0 aromatic heterocycles. The van der Waals surface area contributed by atoms with Crippen molar-refractivity contribution >= 4 is 11.8 Å². The second kappa shape index (κ2) is 6.29. The first-order valence-corrected chi connectivity index (χ1v) is 8.39. The maximum Gasteiger partial charge on any atom is 0.414 e. The molecule has 1 saturated carbocycles. The molecule has 1 unspecified atom stereocenters. The highest BCUT2D eigenvalue weighted by Crippen LogP contribution is 2.38. The smallest absolute Gasteiger partial charge is 0.414 e. The number of rotatable bonds is 3. The van der Waals surface area contributed by atoms with Crippen LogP contribution in [0.2, 0.25) is 0 Å². The molecule has 2 aliphatic rings. The Morgan fingerprint density at radius 3 is 2.36 bits per heavy atom. The van der Waals surface area contributed by atoms with Crippen LogP contribution in [0, 0.1) is 13.8 Å². The Kier molecular flexibility index (Phi) is 4.39. The van der Waals surface area contributed by atoms with Crippen LogP contribution >= 0.6 is 0 Å². The Balaban J connectivity index is 1.87. The number of ether oxygens (including phenoxy) is 1. The van der Waals surface area contributed by atoms with E-state index in [1.54, 1.807) is 4.90 Å². The molecule has 1 aromatic rings. The number of hydrogen-bond acceptors (Lipinski definition) is 3. The summed E-state index contributed by atoms with van der Waals surface area (Å²) in [5.41, 5.74) is 10.6. The van der Waals surface area contributed by atoms with Crippen LogP contribution in [0.3, 0.4) is 0 Å². The first-order chi connectivity index (χ1) is 10.6. The number of carbonyl (C=O) groups excluding carboxylic acids is 1. The molecule has 0 bridgehead atoms. The number of anilines is 1. The molecular weight excluding hydrogens is 276 g/mol. The lowest BCUT2D eigenvalue weighted by molar-refractivity contribution is 0.145. The minimum absolute atomic E-state index is 0.189. The maximum atomic E-state index is 12.0. The first-order valence-electron chi connectivity index (χ1n) is 8.39. The third-order valence-corrected chi connectivity index (χ3v) is 5.04. The highest BCUT2D eigenvalue weighted by atomic mass is 16.6. The van der Waals surface area contributed by atoms with Crippen LogP contribution in [0.5, 0.6) is 0 Å². The number of nitrogens with two attached hydrogens (primary N) is 1. The number of hydrogen-bond donors (Lipinski definition) is 1. The molecule has 2 N–H and O–H groups in total. The monoisotopic (exact) mass is 302 g/mol. The lowest BCUT2D eigenvalue weighted by atomic mass is 9.80. The third kappa shape index (κ3) is 2.84. The zero-order valence-electron chi connectivity index (χ0n) is 13.6. The number of aryl methyl sites for hydroxylation is 2. The summed E-state index contributed by atoms with van der Waals surface area (Å²) in [6.45, 7) is 5.27. The average molecular weight is 302 g/mol. The van der Waals surface area contributed by atoms with Crippen LogP contribution in [-0.4, -0.2) is 25.3 Å². The molecule has 120 valence electrons. The summed E-state index contributed by atoms with van der Waals surface area (Å²) in [7, 11) is 0. The van der Waals surface area contributed by atoms with Gasteiger partial charge in [-0.3, -0.25) is 4.90 Å². The van der Waals surface area contributed by atoms with Gasteiger partial charge in [0, 0.05) is 12.2 Å². The first kappa shape index (κ1) is 15.3. The number of nitrogens with zero attached hydrogens (tertiary/aromatic N) is 1. The Bertz CT molecular complexity index is 541. The van der Waals surface area contributed by atoms with Gasteiger partial charge in [0.05, 0.1) is 6.54 Å². The summed E-state index contributed by atoms with van der Waals surface area (Å²) in [6, 6.07) is 4.27. The molecule has 1 aliphatic heterocycles. The molecule has 0 radical (unpaired) electrons. The second-order valence-corrected chi connectivity index (χ2v) is 6.68. The van der Waals surface area contributed by atoms with Crippen molar-refractivity contribution in [2.75, 3.05) is 18.0 Å². The lowest BCUT2D eigenvalue weighted by Gasteiger charge is -2.26. The minimum Gasteiger partial charge on any atom is -0.443 e. The van der Waals surface area contributed by atoms with Crippen molar-refractivity contribution in [3.05, 3.63) is 28.8 Å². The van der Waals surface area contributed by atoms with Gasteiger partial charge in [0.15, 0.2) is 0 Å². The van der Waals surface area contributed by atoms with Gasteiger partial charge in [-0.15, -0.1) is 0 Å². The molecule has 3 rings (SSSR count). The molecule has 1 heterocycles. The van der Waals surface area contributed by atoms with E-state index in [2.05, 4.69) is 26.0 Å². The van der Waals surface area contributed by atoms with Gasteiger partial charge >= 0.3 is 6.09 Å². The standard InChI is InChI=1S/C18H26N2O2/c1-12-8-15(20-11-16(10-19)22-18(20)21)9-13(2)17(12)14-6-4-3-5-7-14/h8-9,14,16H,3-7,10-11,19H2,1-2H3. The van der Waals surface area contributed by atoms with Gasteiger partial charge < -0.3 is 10.5 Å². The predicted molar refractivity (Wildman–Crippen MR) is 88.4 cm³/mol. The zero-order valence-corrected chi connectivity index (χ0v) is 13.6. The molecular formula is C18H26N2O2. The Labute approximate surface area is 132 Å². The summed E-state index contributed by atoms with van der Waals surface area (Å²) >= 11 is 0. The molecule has 1 atom stereocenters. The van der Waals surface area contributed by atoms with Crippen LogP contribution in [0.1, 0.15) is 54.7 Å². The molecule has 1 aromatic carbocycles. The van der Waals surface area contributed by atoms with Crippen molar-refractivity contribution in [3.63, 3.8) is 0 Å². The van der Waals surface area contributed by atoms with Gasteiger partial charge in [0.2, 0.25) is 0 Å². The predicted octanol–water partition coefficient (Wildman–Crippen LogP) is 3.64. The topological polar surface area (TPSA) is 55.6 Å². The highest BCUT2D eigenvalue weighted by Gasteiger charge is 2.32. The highest BCUT2D eigenvalue weighted by molar-refractivity contribution is 5.90. The van der Waals surface area contributed by atoms with Crippen molar-refractivity contribution in [1.82, 2.24) is 0 Å². The van der Waals surface area contributed by atoms with Gasteiger partial charge in [-0.05, 0) is 61.4 Å². The van der Waals surface area contributed by atoms with Crippen LogP contribution in [0.4, 0.5) is 10.5 Å². The summed E-state index contributed by atoms with van der Waals surface area (Å²) in [5.74, 6) is 0.685. The molecule has 0 spiro atoms. The quantitative estimate of drug-likeness (QED) is 0.927. The fourth-order valence-electron chi connectivity index (χ4n) is 4.00. The molecule has 4 nitrogen and oxygen atoms in total. The summed E-state index contributed by atoms with van der Waals surface area (Å²) in [4.78, 5) is 13.7. The van der Waals surface area contributed by atoms with E-state index in [4.69, 9.17) is 10.5 Å². The van der Waals surface area contributed by atoms with Gasteiger partial charge in [0.1, 0.15) is 6.10 Å². The van der Waals surface area contributed by atoms with Crippen LogP contribution in [-0.2, 0) is 4.74 Å². The molecule has 1 aliphatic carbocycles. The van der Waals surface area contributed by atoms with E-state index in [0.29, 0.717) is 19.0 Å². The van der Waals surface area contributed by atoms with Crippen LogP contribution in [0.25, 0.3) is 0 Å². The number of benzene rings is 1. The number of amides is 1. The van der Waals surface area contributed by atoms with Crippen molar-refractivity contribution < 1.29 is 9.53 Å². The van der Waals surface area contributed by atoms with Crippen molar-refractivity contribution in [3.8, 4) is 0 Å². The largest absolute Gasteiger partial charge is 0.443 e. The van der Waals surface area contributed by atoms with E-state index >= 15 is 0 Å². The lowest BCUT2D eigenvalue weighted by Crippen LogP contribution is -2.27. The van der Waals surface area contributed by atoms with Gasteiger partial charge in [-0.25, -0.2) is 4.79 Å². The SMILES string of the molecule is Cc1cc(N2CC(CN)OC2=O)cc(C)c1C1CCCCC1. The van der Waals surface area contributed by atoms with E-state index in [1.165, 1.54) is 48.8 Å². The zero-order chi connectivity index (χ0) is 15.7. The van der Waals surface area contributed by atoms with Crippen molar-refractivity contribution in [2.45, 2.75) is 58.0 Å². The number of cyclic esters (lactones) is 1. The average Bonchev–Trinajstić information content (AvgIpc) is 2.89. The van der Waals surface area contributed by atoms with E-state index in [0.717, 1.165) is 5.69 Å². The van der Waals surface area contributed by atoms with Gasteiger partial charge in [-0.2, -0.15) is 0 Å². The van der Waals surface area contributed by atoms with Crippen LogP contribution < -0.4 is 10.6 Å². The molecule has 1 amide bonds.